The summed E-state index contributed by atoms with van der Waals surface area (Å²) < 4.78 is 1.23. The molecule has 6 heteroatoms. The summed E-state index contributed by atoms with van der Waals surface area (Å²) in [5.41, 5.74) is 3.86. The first-order valence-electron chi connectivity index (χ1n) is 10.1. The summed E-state index contributed by atoms with van der Waals surface area (Å²) in [6, 6.07) is 16.6. The number of hydrogen-bond acceptors (Lipinski definition) is 4. The average Bonchev–Trinajstić information content (AvgIpc) is 3.33. The first-order valence-corrected chi connectivity index (χ1v) is 10.9. The third kappa shape index (κ3) is 3.22. The number of aromatic nitrogens is 2. The number of rotatable bonds is 3. The molecule has 2 aromatic heterocycles. The predicted molar refractivity (Wildman–Crippen MR) is 119 cm³/mol. The van der Waals surface area contributed by atoms with Gasteiger partial charge >= 0.3 is 0 Å². The smallest absolute Gasteiger partial charge is 0.256 e. The number of aromatic amines is 1. The molecule has 2 aromatic carbocycles. The second kappa shape index (κ2) is 7.28. The Morgan fingerprint density at radius 2 is 1.79 bits per heavy atom. The molecule has 0 radical (unpaired) electrons. The minimum absolute atomic E-state index is 0.132. The highest BCUT2D eigenvalue weighted by atomic mass is 32.1. The van der Waals surface area contributed by atoms with E-state index in [4.69, 9.17) is 4.98 Å². The molecule has 5 nitrogen and oxygen atoms in total. The Bertz CT molecular complexity index is 1150. The van der Waals surface area contributed by atoms with Crippen LogP contribution in [0.1, 0.15) is 34.0 Å². The van der Waals surface area contributed by atoms with Crippen LogP contribution in [-0.4, -0.2) is 51.9 Å². The number of piperazine rings is 1. The summed E-state index contributed by atoms with van der Waals surface area (Å²) in [4.78, 5) is 25.8. The molecule has 0 bridgehead atoms. The van der Waals surface area contributed by atoms with Crippen molar-refractivity contribution in [3.05, 3.63) is 64.8 Å². The van der Waals surface area contributed by atoms with Crippen LogP contribution < -0.4 is 0 Å². The van der Waals surface area contributed by atoms with Crippen molar-refractivity contribution in [2.24, 2.45) is 0 Å². The lowest BCUT2D eigenvalue weighted by Crippen LogP contribution is -2.49. The summed E-state index contributed by atoms with van der Waals surface area (Å²) in [5.74, 6) is 0.132. The van der Waals surface area contributed by atoms with Crippen molar-refractivity contribution in [1.29, 1.82) is 0 Å². The number of carbonyl (C=O) groups excluding carboxylic acids is 1. The molecule has 148 valence electrons. The van der Waals surface area contributed by atoms with E-state index in [9.17, 15) is 4.79 Å². The van der Waals surface area contributed by atoms with Gasteiger partial charge in [-0.25, -0.2) is 4.98 Å². The van der Waals surface area contributed by atoms with Crippen molar-refractivity contribution in [3.63, 3.8) is 0 Å². The van der Waals surface area contributed by atoms with Gasteiger partial charge < -0.3 is 9.88 Å². The van der Waals surface area contributed by atoms with E-state index in [0.717, 1.165) is 58.9 Å². The summed E-state index contributed by atoms with van der Waals surface area (Å²) in [6.45, 7) is 7.42. The molecule has 29 heavy (non-hydrogen) atoms. The lowest BCUT2D eigenvalue weighted by molar-refractivity contribution is 0.0583. The first kappa shape index (κ1) is 18.3. The standard InChI is InChI=1S/C23H24N4OS/c1-15-21(17-7-3-4-8-18(17)24-15)23(28)27-13-11-26(12-14-27)16(2)22-25-19-9-5-6-10-20(19)29-22/h3-10,16,24H,11-14H2,1-2H3/t16-/m1/s1. The Morgan fingerprint density at radius 1 is 1.07 bits per heavy atom. The lowest BCUT2D eigenvalue weighted by Gasteiger charge is -2.37. The van der Waals surface area contributed by atoms with Crippen molar-refractivity contribution in [1.82, 2.24) is 19.8 Å². The highest BCUT2D eigenvalue weighted by molar-refractivity contribution is 7.18. The molecule has 5 rings (SSSR count). The van der Waals surface area contributed by atoms with Gasteiger partial charge in [-0.2, -0.15) is 0 Å². The van der Waals surface area contributed by atoms with Gasteiger partial charge in [0.25, 0.3) is 5.91 Å². The van der Waals surface area contributed by atoms with E-state index in [1.807, 2.05) is 42.2 Å². The van der Waals surface area contributed by atoms with E-state index in [0.29, 0.717) is 0 Å². The van der Waals surface area contributed by atoms with Crippen LogP contribution in [0.25, 0.3) is 21.1 Å². The normalized spacial score (nSPS) is 16.6. The van der Waals surface area contributed by atoms with Crippen molar-refractivity contribution >= 4 is 38.4 Å². The fourth-order valence-corrected chi connectivity index (χ4v) is 5.30. The van der Waals surface area contributed by atoms with Crippen molar-refractivity contribution in [2.45, 2.75) is 19.9 Å². The Kier molecular flexibility index (Phi) is 4.60. The fourth-order valence-electron chi connectivity index (χ4n) is 4.25. The van der Waals surface area contributed by atoms with Gasteiger partial charge in [0, 0.05) is 42.8 Å². The van der Waals surface area contributed by atoms with E-state index >= 15 is 0 Å². The summed E-state index contributed by atoms with van der Waals surface area (Å²) in [6.07, 6.45) is 0. The SMILES string of the molecule is Cc1[nH]c2ccccc2c1C(=O)N1CCN([C@H](C)c2nc3ccccc3s2)CC1. The highest BCUT2D eigenvalue weighted by Gasteiger charge is 2.28. The van der Waals surface area contributed by atoms with Crippen LogP contribution in [0.3, 0.4) is 0 Å². The molecule has 0 unspecified atom stereocenters. The molecule has 1 fully saturated rings. The Hall–Kier alpha value is -2.70. The molecule has 4 aromatic rings. The monoisotopic (exact) mass is 404 g/mol. The van der Waals surface area contributed by atoms with Crippen LogP contribution in [0.4, 0.5) is 0 Å². The van der Waals surface area contributed by atoms with Gasteiger partial charge in [-0.05, 0) is 32.0 Å². The van der Waals surface area contributed by atoms with E-state index in [2.05, 4.69) is 35.0 Å². The number of carbonyl (C=O) groups is 1. The number of benzene rings is 2. The maximum absolute atomic E-state index is 13.2. The van der Waals surface area contributed by atoms with Crippen molar-refractivity contribution in [3.8, 4) is 0 Å². The number of fused-ring (bicyclic) bond motifs is 2. The van der Waals surface area contributed by atoms with Crippen molar-refractivity contribution < 1.29 is 4.79 Å². The quantitative estimate of drug-likeness (QED) is 0.543. The summed E-state index contributed by atoms with van der Waals surface area (Å²) >= 11 is 1.77. The molecule has 1 aliphatic heterocycles. The zero-order valence-corrected chi connectivity index (χ0v) is 17.5. The van der Waals surface area contributed by atoms with Gasteiger partial charge in [0.2, 0.25) is 0 Å². The van der Waals surface area contributed by atoms with Crippen LogP contribution in [0.5, 0.6) is 0 Å². The zero-order valence-electron chi connectivity index (χ0n) is 16.7. The largest absolute Gasteiger partial charge is 0.358 e. The van der Waals surface area contributed by atoms with E-state index in [1.165, 1.54) is 4.70 Å². The highest BCUT2D eigenvalue weighted by Crippen LogP contribution is 2.30. The molecule has 1 aliphatic rings. The summed E-state index contributed by atoms with van der Waals surface area (Å²) in [7, 11) is 0. The van der Waals surface area contributed by atoms with Crippen molar-refractivity contribution in [2.75, 3.05) is 26.2 Å². The third-order valence-electron chi connectivity index (χ3n) is 5.92. The van der Waals surface area contributed by atoms with Gasteiger partial charge in [0.15, 0.2) is 0 Å². The molecule has 1 amide bonds. The Balaban J connectivity index is 1.30. The summed E-state index contributed by atoms with van der Waals surface area (Å²) in [5, 5.41) is 2.17. The second-order valence-corrected chi connectivity index (χ2v) is 8.76. The molecule has 1 atom stereocenters. The molecular weight excluding hydrogens is 380 g/mol. The number of H-pyrrole nitrogens is 1. The molecule has 3 heterocycles. The average molecular weight is 405 g/mol. The maximum atomic E-state index is 13.2. The Labute approximate surface area is 174 Å². The van der Waals surface area contributed by atoms with Crippen LogP contribution in [0, 0.1) is 6.92 Å². The number of nitrogens with one attached hydrogen (secondary N) is 1. The molecule has 0 spiro atoms. The van der Waals surface area contributed by atoms with E-state index < -0.39 is 0 Å². The number of nitrogens with zero attached hydrogens (tertiary/aromatic N) is 3. The molecule has 1 N–H and O–H groups in total. The number of para-hydroxylation sites is 2. The maximum Gasteiger partial charge on any atom is 0.256 e. The Morgan fingerprint density at radius 3 is 2.59 bits per heavy atom. The van der Waals surface area contributed by atoms with E-state index in [-0.39, 0.29) is 11.9 Å². The number of aryl methyl sites for hydroxylation is 1. The zero-order chi connectivity index (χ0) is 20.0. The van der Waals surface area contributed by atoms with Crippen LogP contribution in [-0.2, 0) is 0 Å². The minimum Gasteiger partial charge on any atom is -0.358 e. The number of amides is 1. The first-order chi connectivity index (χ1) is 14.1. The fraction of sp³-hybridized carbons (Fsp3) is 0.304. The lowest BCUT2D eigenvalue weighted by atomic mass is 10.1. The number of hydrogen-bond donors (Lipinski definition) is 1. The van der Waals surface area contributed by atoms with Crippen LogP contribution >= 0.6 is 11.3 Å². The second-order valence-electron chi connectivity index (χ2n) is 7.69. The van der Waals surface area contributed by atoms with Crippen LogP contribution in [0.2, 0.25) is 0 Å². The molecule has 0 saturated carbocycles. The van der Waals surface area contributed by atoms with Gasteiger partial charge in [-0.1, -0.05) is 30.3 Å². The molecule has 1 saturated heterocycles. The topological polar surface area (TPSA) is 52.2 Å². The molecular formula is C23H24N4OS. The molecule has 0 aliphatic carbocycles. The third-order valence-corrected chi connectivity index (χ3v) is 7.13. The van der Waals surface area contributed by atoms with E-state index in [1.54, 1.807) is 11.3 Å². The minimum atomic E-state index is 0.132. The van der Waals surface area contributed by atoms with Gasteiger partial charge in [0.1, 0.15) is 5.01 Å². The van der Waals surface area contributed by atoms with Gasteiger partial charge in [-0.3, -0.25) is 9.69 Å². The predicted octanol–water partition coefficient (Wildman–Crippen LogP) is 4.61. The number of thiazole rings is 1. The van der Waals surface area contributed by atoms with Crippen LogP contribution in [0.15, 0.2) is 48.5 Å². The van der Waals surface area contributed by atoms with Gasteiger partial charge in [0.05, 0.1) is 21.8 Å². The van der Waals surface area contributed by atoms with Gasteiger partial charge in [-0.15, -0.1) is 11.3 Å².